The average Bonchev–Trinajstić information content (AvgIpc) is 2.43. The molecular weight excluding hydrogens is 321 g/mol. The van der Waals surface area contributed by atoms with Gasteiger partial charge in [0.25, 0.3) is 0 Å². The molecule has 0 radical (unpaired) electrons. The summed E-state index contributed by atoms with van der Waals surface area (Å²) in [6, 6.07) is 8.11. The summed E-state index contributed by atoms with van der Waals surface area (Å²) < 4.78 is 37.2. The second kappa shape index (κ2) is 9.44. The van der Waals surface area contributed by atoms with E-state index in [9.17, 15) is 22.8 Å². The maximum Gasteiger partial charge on any atom is 1.00 e. The molecule has 22 heavy (non-hydrogen) atoms. The molecule has 3 atom stereocenters. The maximum absolute atomic E-state index is 12.4. The van der Waals surface area contributed by atoms with Crippen molar-refractivity contribution in [1.82, 2.24) is 4.90 Å². The van der Waals surface area contributed by atoms with Crippen molar-refractivity contribution in [2.75, 3.05) is 7.05 Å². The smallest absolute Gasteiger partial charge is 0.449 e. The van der Waals surface area contributed by atoms with Crippen LogP contribution in [0.25, 0.3) is 0 Å². The van der Waals surface area contributed by atoms with Crippen LogP contribution in [0.1, 0.15) is 25.5 Å². The number of likely N-dealkylation sites (N-methyl/N-ethyl adjacent to an activating group) is 1. The van der Waals surface area contributed by atoms with E-state index in [1.807, 2.05) is 0 Å². The zero-order valence-electron chi connectivity index (χ0n) is 13.3. The fourth-order valence-electron chi connectivity index (χ4n) is 2.19. The van der Waals surface area contributed by atoms with Gasteiger partial charge in [-0.2, -0.15) is 0 Å². The quantitative estimate of drug-likeness (QED) is 0.743. The van der Waals surface area contributed by atoms with Crippen molar-refractivity contribution in [2.24, 2.45) is 5.92 Å². The molecule has 0 aliphatic carbocycles. The zero-order chi connectivity index (χ0) is 16.2. The van der Waals surface area contributed by atoms with Crippen LogP contribution in [0.15, 0.2) is 30.3 Å². The van der Waals surface area contributed by atoms with Crippen molar-refractivity contribution >= 4 is 12.9 Å². The first kappa shape index (κ1) is 22.1. The van der Waals surface area contributed by atoms with Crippen LogP contribution in [0.4, 0.5) is 12.9 Å². The van der Waals surface area contributed by atoms with Crippen molar-refractivity contribution < 1.29 is 74.2 Å². The Morgan fingerprint density at radius 1 is 1.23 bits per heavy atom. The van der Waals surface area contributed by atoms with Crippen molar-refractivity contribution in [2.45, 2.75) is 32.3 Å². The van der Waals surface area contributed by atoms with Gasteiger partial charge in [0.2, 0.25) is 5.91 Å². The summed E-state index contributed by atoms with van der Waals surface area (Å²) in [7, 11) is 1.42. The number of hydrogen-bond donors (Lipinski definition) is 1. The van der Waals surface area contributed by atoms with Crippen LogP contribution in [0.5, 0.6) is 0 Å². The van der Waals surface area contributed by atoms with E-state index in [2.05, 4.69) is 0 Å². The second-order valence-corrected chi connectivity index (χ2v) is 5.39. The van der Waals surface area contributed by atoms with E-state index < -0.39 is 37.3 Å². The molecule has 3 nitrogen and oxygen atoms in total. The first-order chi connectivity index (χ1) is 9.63. The van der Waals surface area contributed by atoms with E-state index in [1.54, 1.807) is 37.3 Å². The van der Waals surface area contributed by atoms with Crippen LogP contribution < -0.4 is 51.4 Å². The van der Waals surface area contributed by atoms with Gasteiger partial charge >= 0.3 is 58.4 Å². The first-order valence-corrected chi connectivity index (χ1v) is 6.84. The first-order valence-electron chi connectivity index (χ1n) is 6.84. The minimum Gasteiger partial charge on any atom is -0.449 e. The molecular formula is C14H20BF3KNO2. The van der Waals surface area contributed by atoms with Gasteiger partial charge < -0.3 is 23.0 Å². The molecule has 0 heterocycles. The van der Waals surface area contributed by atoms with Crippen molar-refractivity contribution in [1.29, 1.82) is 0 Å². The number of hydrogen-bond acceptors (Lipinski definition) is 2. The number of rotatable bonds is 6. The predicted octanol–water partition coefficient (Wildman–Crippen LogP) is 0.0544. The van der Waals surface area contributed by atoms with E-state index >= 15 is 0 Å². The summed E-state index contributed by atoms with van der Waals surface area (Å²) in [4.78, 5) is 13.2. The molecule has 0 saturated heterocycles. The molecule has 0 spiro atoms. The maximum atomic E-state index is 12.4. The molecule has 1 N–H and O–H groups in total. The Balaban J connectivity index is 0.00000441. The van der Waals surface area contributed by atoms with Crippen LogP contribution in [0.3, 0.4) is 0 Å². The topological polar surface area (TPSA) is 40.5 Å². The van der Waals surface area contributed by atoms with Gasteiger partial charge in [-0.3, -0.25) is 4.79 Å². The summed E-state index contributed by atoms with van der Waals surface area (Å²) in [5.41, 5.74) is 0.623. The van der Waals surface area contributed by atoms with Crippen molar-refractivity contribution in [3.8, 4) is 0 Å². The fourth-order valence-corrected chi connectivity index (χ4v) is 2.19. The third kappa shape index (κ3) is 6.72. The molecule has 1 aromatic carbocycles. The van der Waals surface area contributed by atoms with Crippen molar-refractivity contribution in [3.63, 3.8) is 0 Å². The molecule has 0 aliphatic rings. The van der Waals surface area contributed by atoms with Crippen LogP contribution in [-0.4, -0.2) is 36.0 Å². The number of aliphatic hydroxyl groups excluding tert-OH is 1. The SMILES string of the molecule is CC(C[B-](F)(F)F)C(=O)N(C)[C@@H](C)[C@@H](O)c1ccccc1.[K+]. The summed E-state index contributed by atoms with van der Waals surface area (Å²) in [5, 5.41) is 10.2. The van der Waals surface area contributed by atoms with Gasteiger partial charge in [0.1, 0.15) is 0 Å². The molecule has 0 bridgehead atoms. The molecule has 118 valence electrons. The molecule has 0 aliphatic heterocycles. The summed E-state index contributed by atoms with van der Waals surface area (Å²) in [6.45, 7) is -2.13. The number of halogens is 3. The van der Waals surface area contributed by atoms with Gasteiger partial charge in [-0.05, 0) is 12.5 Å². The molecule has 1 rings (SSSR count). The Morgan fingerprint density at radius 3 is 2.18 bits per heavy atom. The summed E-state index contributed by atoms with van der Waals surface area (Å²) in [6.07, 6.45) is -2.04. The standard InChI is InChI=1S/C14H20BF3NO2.K/c1-10(9-15(16,17)18)14(21)19(3)11(2)13(20)12-7-5-4-6-8-12;/h4-8,10-11,13,20H,9H2,1-3H3;/q-1;+1/t10?,11-,13+;/m0./s1. The minimum absolute atomic E-state index is 0. The normalized spacial score (nSPS) is 15.4. The Morgan fingerprint density at radius 2 is 1.73 bits per heavy atom. The molecule has 0 fully saturated rings. The Kier molecular flexibility index (Phi) is 9.50. The Labute approximate surface area is 171 Å². The van der Waals surface area contributed by atoms with Crippen LogP contribution in [0.2, 0.25) is 6.32 Å². The Bertz CT molecular complexity index is 473. The van der Waals surface area contributed by atoms with Crippen LogP contribution in [-0.2, 0) is 4.79 Å². The second-order valence-electron chi connectivity index (χ2n) is 5.39. The molecule has 1 amide bonds. The number of carbonyl (C=O) groups excluding carboxylic acids is 1. The minimum atomic E-state index is -5.00. The molecule has 0 aromatic heterocycles. The van der Waals surface area contributed by atoms with Crippen LogP contribution in [0, 0.1) is 5.92 Å². The molecule has 1 unspecified atom stereocenters. The van der Waals surface area contributed by atoms with Gasteiger partial charge in [0, 0.05) is 13.0 Å². The molecule has 0 saturated carbocycles. The van der Waals surface area contributed by atoms with Crippen LogP contribution >= 0.6 is 0 Å². The number of nitrogens with zero attached hydrogens (tertiary/aromatic N) is 1. The largest absolute Gasteiger partial charge is 1.00 e. The van der Waals surface area contributed by atoms with Gasteiger partial charge in [-0.1, -0.05) is 43.6 Å². The van der Waals surface area contributed by atoms with Gasteiger partial charge in [-0.15, -0.1) is 0 Å². The fraction of sp³-hybridized carbons (Fsp3) is 0.500. The summed E-state index contributed by atoms with van der Waals surface area (Å²) in [5.74, 6) is -1.75. The monoisotopic (exact) mass is 341 g/mol. The Hall–Kier alpha value is 0.141. The molecule has 1 aromatic rings. The number of aliphatic hydroxyl groups is 1. The van der Waals surface area contributed by atoms with Gasteiger partial charge in [0.05, 0.1) is 12.1 Å². The van der Waals surface area contributed by atoms with E-state index in [0.29, 0.717) is 5.56 Å². The average molecular weight is 341 g/mol. The van der Waals surface area contributed by atoms with E-state index in [-0.39, 0.29) is 51.4 Å². The molecule has 8 heteroatoms. The van der Waals surface area contributed by atoms with Gasteiger partial charge in [0.15, 0.2) is 0 Å². The van der Waals surface area contributed by atoms with E-state index in [4.69, 9.17) is 0 Å². The van der Waals surface area contributed by atoms with E-state index in [1.165, 1.54) is 18.9 Å². The number of benzene rings is 1. The number of amides is 1. The van der Waals surface area contributed by atoms with E-state index in [0.717, 1.165) is 0 Å². The zero-order valence-corrected chi connectivity index (χ0v) is 16.5. The summed E-state index contributed by atoms with van der Waals surface area (Å²) >= 11 is 0. The number of carbonyl (C=O) groups is 1. The third-order valence-electron chi connectivity index (χ3n) is 3.60. The van der Waals surface area contributed by atoms with Gasteiger partial charge in [-0.25, -0.2) is 0 Å². The third-order valence-corrected chi connectivity index (χ3v) is 3.60. The van der Waals surface area contributed by atoms with Crippen molar-refractivity contribution in [3.05, 3.63) is 35.9 Å². The predicted molar refractivity (Wildman–Crippen MR) is 76.7 cm³/mol.